The zero-order chi connectivity index (χ0) is 17.5. The third-order valence-electron chi connectivity index (χ3n) is 4.07. The van der Waals surface area contributed by atoms with Crippen molar-refractivity contribution < 1.29 is 14.3 Å². The van der Waals surface area contributed by atoms with Crippen LogP contribution in [0.3, 0.4) is 0 Å². The maximum absolute atomic E-state index is 12.6. The molecule has 1 aromatic carbocycles. The molecule has 0 radical (unpaired) electrons. The lowest BCUT2D eigenvalue weighted by Gasteiger charge is -2.22. The standard InChI is InChI=1S/C18H27N3O3/c1-13(2)17(22)20-14-6-7-16(21-9-4-5-10-21)15(12-14)18(23)19-8-11-24-3/h6-7,12-13H,4-5,8-11H2,1-3H3,(H,19,23)(H,20,22). The molecule has 132 valence electrons. The number of anilines is 2. The van der Waals surface area contributed by atoms with Gasteiger partial charge < -0.3 is 20.3 Å². The second-order valence-electron chi connectivity index (χ2n) is 6.32. The Morgan fingerprint density at radius 2 is 1.96 bits per heavy atom. The molecule has 24 heavy (non-hydrogen) atoms. The quantitative estimate of drug-likeness (QED) is 0.751. The Balaban J connectivity index is 2.23. The highest BCUT2D eigenvalue weighted by Gasteiger charge is 2.20. The van der Waals surface area contributed by atoms with Gasteiger partial charge in [-0.25, -0.2) is 0 Å². The molecule has 1 heterocycles. The van der Waals surface area contributed by atoms with Crippen molar-refractivity contribution in [2.75, 3.05) is 43.6 Å². The third kappa shape index (κ3) is 4.71. The molecule has 2 N–H and O–H groups in total. The largest absolute Gasteiger partial charge is 0.383 e. The van der Waals surface area contributed by atoms with Gasteiger partial charge in [0.05, 0.1) is 12.2 Å². The predicted molar refractivity (Wildman–Crippen MR) is 95.6 cm³/mol. The van der Waals surface area contributed by atoms with E-state index in [-0.39, 0.29) is 17.7 Å². The molecule has 0 aromatic heterocycles. The first-order chi connectivity index (χ1) is 11.5. The average Bonchev–Trinajstić information content (AvgIpc) is 3.09. The van der Waals surface area contributed by atoms with E-state index in [1.807, 2.05) is 26.0 Å². The van der Waals surface area contributed by atoms with Gasteiger partial charge in [-0.1, -0.05) is 13.8 Å². The monoisotopic (exact) mass is 333 g/mol. The highest BCUT2D eigenvalue weighted by molar-refractivity contribution is 6.02. The number of methoxy groups -OCH3 is 1. The number of amides is 2. The van der Waals surface area contributed by atoms with E-state index in [1.165, 1.54) is 0 Å². The topological polar surface area (TPSA) is 70.7 Å². The zero-order valence-electron chi connectivity index (χ0n) is 14.7. The molecule has 1 fully saturated rings. The van der Waals surface area contributed by atoms with E-state index >= 15 is 0 Å². The van der Waals surface area contributed by atoms with Gasteiger partial charge in [-0.3, -0.25) is 9.59 Å². The number of hydrogen-bond donors (Lipinski definition) is 2. The van der Waals surface area contributed by atoms with Crippen molar-refractivity contribution in [3.8, 4) is 0 Å². The molecule has 1 aromatic rings. The van der Waals surface area contributed by atoms with E-state index < -0.39 is 0 Å². The molecule has 0 bridgehead atoms. The summed E-state index contributed by atoms with van der Waals surface area (Å²) in [6.07, 6.45) is 2.27. The van der Waals surface area contributed by atoms with E-state index in [9.17, 15) is 9.59 Å². The number of hydrogen-bond acceptors (Lipinski definition) is 4. The number of carbonyl (C=O) groups is 2. The van der Waals surface area contributed by atoms with Crippen LogP contribution in [-0.2, 0) is 9.53 Å². The predicted octanol–water partition coefficient (Wildman–Crippen LogP) is 2.26. The Hall–Kier alpha value is -2.08. The molecule has 0 unspecified atom stereocenters. The van der Waals surface area contributed by atoms with Gasteiger partial charge in [-0.2, -0.15) is 0 Å². The first kappa shape index (κ1) is 18.3. The lowest BCUT2D eigenvalue weighted by molar-refractivity contribution is -0.118. The summed E-state index contributed by atoms with van der Waals surface area (Å²) in [7, 11) is 1.60. The minimum absolute atomic E-state index is 0.0605. The van der Waals surface area contributed by atoms with Crippen molar-refractivity contribution in [3.05, 3.63) is 23.8 Å². The summed E-state index contributed by atoms with van der Waals surface area (Å²) in [5.74, 6) is -0.313. The maximum Gasteiger partial charge on any atom is 0.253 e. The zero-order valence-corrected chi connectivity index (χ0v) is 14.7. The van der Waals surface area contributed by atoms with E-state index in [0.717, 1.165) is 31.6 Å². The van der Waals surface area contributed by atoms with Crippen molar-refractivity contribution in [1.82, 2.24) is 5.32 Å². The van der Waals surface area contributed by atoms with Gasteiger partial charge in [-0.15, -0.1) is 0 Å². The summed E-state index contributed by atoms with van der Waals surface area (Å²) in [6, 6.07) is 5.54. The van der Waals surface area contributed by atoms with Crippen molar-refractivity contribution in [1.29, 1.82) is 0 Å². The highest BCUT2D eigenvalue weighted by atomic mass is 16.5. The summed E-state index contributed by atoms with van der Waals surface area (Å²) < 4.78 is 4.98. The van der Waals surface area contributed by atoms with Crippen molar-refractivity contribution >= 4 is 23.2 Å². The Morgan fingerprint density at radius 1 is 1.25 bits per heavy atom. The number of ether oxygens (including phenoxy) is 1. The number of benzene rings is 1. The second-order valence-corrected chi connectivity index (χ2v) is 6.32. The Bertz CT molecular complexity index is 581. The van der Waals surface area contributed by atoms with Crippen LogP contribution in [0.1, 0.15) is 37.0 Å². The van der Waals surface area contributed by atoms with E-state index in [1.54, 1.807) is 13.2 Å². The minimum Gasteiger partial charge on any atom is -0.383 e. The van der Waals surface area contributed by atoms with E-state index in [2.05, 4.69) is 15.5 Å². The molecule has 0 spiro atoms. The summed E-state index contributed by atoms with van der Waals surface area (Å²) in [4.78, 5) is 26.7. The molecule has 0 saturated carbocycles. The van der Waals surface area contributed by atoms with Crippen molar-refractivity contribution in [2.24, 2.45) is 5.92 Å². The van der Waals surface area contributed by atoms with Gasteiger partial charge in [0, 0.05) is 44.0 Å². The van der Waals surface area contributed by atoms with Crippen LogP contribution in [0.2, 0.25) is 0 Å². The molecule has 0 aliphatic carbocycles. The lowest BCUT2D eigenvalue weighted by Crippen LogP contribution is -2.30. The highest BCUT2D eigenvalue weighted by Crippen LogP contribution is 2.27. The lowest BCUT2D eigenvalue weighted by atomic mass is 10.1. The van der Waals surface area contributed by atoms with E-state index in [0.29, 0.717) is 24.4 Å². The van der Waals surface area contributed by atoms with Crippen LogP contribution in [-0.4, -0.2) is 45.2 Å². The molecule has 6 heteroatoms. The van der Waals surface area contributed by atoms with Crippen LogP contribution < -0.4 is 15.5 Å². The van der Waals surface area contributed by atoms with Crippen LogP contribution in [0.4, 0.5) is 11.4 Å². The molecule has 0 atom stereocenters. The molecular formula is C18H27N3O3. The maximum atomic E-state index is 12.6. The number of nitrogens with one attached hydrogen (secondary N) is 2. The third-order valence-corrected chi connectivity index (χ3v) is 4.07. The van der Waals surface area contributed by atoms with Crippen LogP contribution in [0.15, 0.2) is 18.2 Å². The number of nitrogens with zero attached hydrogens (tertiary/aromatic N) is 1. The van der Waals surface area contributed by atoms with Gasteiger partial charge in [-0.05, 0) is 31.0 Å². The Morgan fingerprint density at radius 3 is 2.58 bits per heavy atom. The van der Waals surface area contributed by atoms with Gasteiger partial charge in [0.15, 0.2) is 0 Å². The van der Waals surface area contributed by atoms with Gasteiger partial charge in [0.25, 0.3) is 5.91 Å². The van der Waals surface area contributed by atoms with Gasteiger partial charge in [0.1, 0.15) is 0 Å². The fourth-order valence-electron chi connectivity index (χ4n) is 2.68. The summed E-state index contributed by atoms with van der Waals surface area (Å²) in [5, 5.41) is 5.72. The fraction of sp³-hybridized carbons (Fsp3) is 0.556. The Labute approximate surface area is 143 Å². The SMILES string of the molecule is COCCNC(=O)c1cc(NC(=O)C(C)C)ccc1N1CCCC1. The average molecular weight is 333 g/mol. The van der Waals surface area contributed by atoms with Crippen LogP contribution in [0, 0.1) is 5.92 Å². The van der Waals surface area contributed by atoms with Crippen molar-refractivity contribution in [3.63, 3.8) is 0 Å². The minimum atomic E-state index is -0.144. The summed E-state index contributed by atoms with van der Waals surface area (Å²) in [5.41, 5.74) is 2.16. The first-order valence-corrected chi connectivity index (χ1v) is 8.50. The van der Waals surface area contributed by atoms with Crippen LogP contribution in [0.25, 0.3) is 0 Å². The molecule has 6 nitrogen and oxygen atoms in total. The molecule has 1 aliphatic heterocycles. The van der Waals surface area contributed by atoms with Gasteiger partial charge >= 0.3 is 0 Å². The fourth-order valence-corrected chi connectivity index (χ4v) is 2.68. The van der Waals surface area contributed by atoms with Crippen molar-refractivity contribution in [2.45, 2.75) is 26.7 Å². The summed E-state index contributed by atoms with van der Waals surface area (Å²) >= 11 is 0. The van der Waals surface area contributed by atoms with E-state index in [4.69, 9.17) is 4.74 Å². The molecule has 1 aliphatic rings. The molecule has 1 saturated heterocycles. The second kappa shape index (κ2) is 8.68. The summed E-state index contributed by atoms with van der Waals surface area (Å²) in [6.45, 7) is 6.51. The van der Waals surface area contributed by atoms with Crippen LogP contribution >= 0.6 is 0 Å². The van der Waals surface area contributed by atoms with Crippen LogP contribution in [0.5, 0.6) is 0 Å². The molecule has 2 rings (SSSR count). The molecule has 2 amide bonds. The normalized spacial score (nSPS) is 14.1. The van der Waals surface area contributed by atoms with Gasteiger partial charge in [0.2, 0.25) is 5.91 Å². The number of carbonyl (C=O) groups excluding carboxylic acids is 2. The first-order valence-electron chi connectivity index (χ1n) is 8.50. The smallest absolute Gasteiger partial charge is 0.253 e. The number of rotatable bonds is 7. The Kier molecular flexibility index (Phi) is 6.61. The molecular weight excluding hydrogens is 306 g/mol.